The minimum Gasteiger partial charge on any atom is -0.448 e. The molecule has 0 aliphatic rings. The number of halogens is 1. The zero-order chi connectivity index (χ0) is 14.9. The van der Waals surface area contributed by atoms with Crippen LogP contribution in [0.1, 0.15) is 5.76 Å². The van der Waals surface area contributed by atoms with Gasteiger partial charge in [-0.05, 0) is 34.1 Å². The van der Waals surface area contributed by atoms with Crippen LogP contribution in [-0.4, -0.2) is 26.4 Å². The van der Waals surface area contributed by atoms with Crippen LogP contribution in [0.2, 0.25) is 0 Å². The van der Waals surface area contributed by atoms with E-state index < -0.39 is 0 Å². The van der Waals surface area contributed by atoms with E-state index in [0.717, 1.165) is 16.4 Å². The Kier molecular flexibility index (Phi) is 3.08. The molecule has 0 aliphatic carbocycles. The summed E-state index contributed by atoms with van der Waals surface area (Å²) in [5, 5.41) is 13.2. The maximum Gasteiger partial charge on any atom is 0.265 e. The van der Waals surface area contributed by atoms with Gasteiger partial charge in [-0.15, -0.1) is 10.2 Å². The van der Waals surface area contributed by atoms with Crippen LogP contribution in [0.3, 0.4) is 0 Å². The summed E-state index contributed by atoms with van der Waals surface area (Å²) in [6, 6.07) is 11.4. The molecular formula is C14H9BrN6O. The number of benzene rings is 1. The summed E-state index contributed by atoms with van der Waals surface area (Å²) in [6.45, 7) is 0. The molecule has 3 aromatic heterocycles. The number of rotatable bonds is 3. The number of hydrogen-bond acceptors (Lipinski definition) is 6. The molecule has 4 aromatic rings. The number of aromatic nitrogens is 4. The van der Waals surface area contributed by atoms with Gasteiger partial charge in [0, 0.05) is 10.9 Å². The van der Waals surface area contributed by atoms with Crippen LogP contribution in [-0.2, 0) is 0 Å². The quantitative estimate of drug-likeness (QED) is 0.434. The highest BCUT2D eigenvalue weighted by atomic mass is 79.9. The first kappa shape index (κ1) is 13.0. The molecule has 0 radical (unpaired) electrons. The van der Waals surface area contributed by atoms with Gasteiger partial charge in [0.1, 0.15) is 11.3 Å². The molecule has 0 fully saturated rings. The highest BCUT2D eigenvalue weighted by Crippen LogP contribution is 2.21. The lowest BCUT2D eigenvalue weighted by molar-refractivity contribution is 0.534. The molecule has 2 N–H and O–H groups in total. The molecule has 1 aromatic carbocycles. The van der Waals surface area contributed by atoms with Crippen LogP contribution >= 0.6 is 15.9 Å². The average Bonchev–Trinajstić information content (AvgIpc) is 3.10. The van der Waals surface area contributed by atoms with Crippen LogP contribution in [0, 0.1) is 0 Å². The first-order valence-electron chi connectivity index (χ1n) is 6.45. The van der Waals surface area contributed by atoms with Gasteiger partial charge < -0.3 is 9.40 Å². The SMILES string of the molecule is Brc1ccc(/C=N/Nc2nnc3c(n2)[nH]c2ccccc23)o1. The Morgan fingerprint density at radius 2 is 2.09 bits per heavy atom. The highest BCUT2D eigenvalue weighted by Gasteiger charge is 2.07. The minimum atomic E-state index is 0.306. The maximum absolute atomic E-state index is 5.30. The molecule has 0 aliphatic heterocycles. The fraction of sp³-hybridized carbons (Fsp3) is 0. The maximum atomic E-state index is 5.30. The van der Waals surface area contributed by atoms with E-state index in [2.05, 4.69) is 46.6 Å². The van der Waals surface area contributed by atoms with E-state index in [0.29, 0.717) is 22.0 Å². The molecule has 0 atom stereocenters. The lowest BCUT2D eigenvalue weighted by Gasteiger charge is -1.96. The standard InChI is InChI=1S/C14H9BrN6O/c15-11-6-5-8(22-11)7-16-20-14-18-13-12(19-21-14)9-3-1-2-4-10(9)17-13/h1-7H,(H2,17,18,20,21)/b16-7+. The fourth-order valence-corrected chi connectivity index (χ4v) is 2.44. The van der Waals surface area contributed by atoms with E-state index in [-0.39, 0.29) is 0 Å². The van der Waals surface area contributed by atoms with Gasteiger partial charge in [-0.25, -0.2) is 5.43 Å². The summed E-state index contributed by atoms with van der Waals surface area (Å²) in [7, 11) is 0. The van der Waals surface area contributed by atoms with Crippen molar-refractivity contribution < 1.29 is 4.42 Å². The van der Waals surface area contributed by atoms with Crippen molar-refractivity contribution in [3.63, 3.8) is 0 Å². The fourth-order valence-electron chi connectivity index (χ4n) is 2.12. The third-order valence-electron chi connectivity index (χ3n) is 3.07. The van der Waals surface area contributed by atoms with Crippen molar-refractivity contribution in [1.29, 1.82) is 0 Å². The minimum absolute atomic E-state index is 0.306. The van der Waals surface area contributed by atoms with Gasteiger partial charge in [-0.1, -0.05) is 18.2 Å². The van der Waals surface area contributed by atoms with Crippen molar-refractivity contribution in [2.24, 2.45) is 5.10 Å². The molecule has 0 saturated heterocycles. The van der Waals surface area contributed by atoms with Crippen molar-refractivity contribution in [2.75, 3.05) is 5.43 Å². The second kappa shape index (κ2) is 5.23. The number of nitrogens with one attached hydrogen (secondary N) is 2. The van der Waals surface area contributed by atoms with Gasteiger partial charge in [0.05, 0.1) is 6.21 Å². The first-order valence-corrected chi connectivity index (χ1v) is 7.24. The third kappa shape index (κ3) is 2.33. The number of H-pyrrole nitrogens is 1. The summed E-state index contributed by atoms with van der Waals surface area (Å²) in [5.41, 5.74) is 5.10. The summed E-state index contributed by atoms with van der Waals surface area (Å²) >= 11 is 3.23. The van der Waals surface area contributed by atoms with Crippen molar-refractivity contribution in [3.8, 4) is 0 Å². The molecule has 0 spiro atoms. The normalized spacial score (nSPS) is 11.7. The predicted molar refractivity (Wildman–Crippen MR) is 86.8 cm³/mol. The molecular weight excluding hydrogens is 348 g/mol. The van der Waals surface area contributed by atoms with Crippen molar-refractivity contribution in [1.82, 2.24) is 20.2 Å². The summed E-state index contributed by atoms with van der Waals surface area (Å²) in [6.07, 6.45) is 1.53. The highest BCUT2D eigenvalue weighted by molar-refractivity contribution is 9.10. The van der Waals surface area contributed by atoms with E-state index in [1.54, 1.807) is 12.1 Å². The largest absolute Gasteiger partial charge is 0.448 e. The molecule has 8 heteroatoms. The van der Waals surface area contributed by atoms with Crippen LogP contribution in [0.15, 0.2) is 50.6 Å². The van der Waals surface area contributed by atoms with E-state index >= 15 is 0 Å². The molecule has 22 heavy (non-hydrogen) atoms. The van der Waals surface area contributed by atoms with Crippen molar-refractivity contribution >= 4 is 50.2 Å². The summed E-state index contributed by atoms with van der Waals surface area (Å²) < 4.78 is 5.94. The second-order valence-electron chi connectivity index (χ2n) is 4.52. The molecule has 0 bridgehead atoms. The molecule has 0 unspecified atom stereocenters. The Morgan fingerprint density at radius 3 is 2.95 bits per heavy atom. The Morgan fingerprint density at radius 1 is 1.18 bits per heavy atom. The topological polar surface area (TPSA) is 92.0 Å². The summed E-state index contributed by atoms with van der Waals surface area (Å²) in [5.74, 6) is 0.917. The van der Waals surface area contributed by atoms with Crippen molar-refractivity contribution in [2.45, 2.75) is 0 Å². The predicted octanol–water partition coefficient (Wildman–Crippen LogP) is 3.31. The number of fused-ring (bicyclic) bond motifs is 3. The number of nitrogens with zero attached hydrogens (tertiary/aromatic N) is 4. The van der Waals surface area contributed by atoms with Gasteiger partial charge in [0.2, 0.25) is 0 Å². The Bertz CT molecular complexity index is 989. The van der Waals surface area contributed by atoms with E-state index in [1.807, 2.05) is 24.3 Å². The Labute approximate surface area is 132 Å². The summed E-state index contributed by atoms with van der Waals surface area (Å²) in [4.78, 5) is 7.55. The molecule has 0 saturated carbocycles. The smallest absolute Gasteiger partial charge is 0.265 e. The number of anilines is 1. The first-order chi connectivity index (χ1) is 10.8. The number of hydrogen-bond donors (Lipinski definition) is 2. The van der Waals surface area contributed by atoms with Gasteiger partial charge >= 0.3 is 0 Å². The van der Waals surface area contributed by atoms with Gasteiger partial charge in [0.25, 0.3) is 5.95 Å². The zero-order valence-corrected chi connectivity index (χ0v) is 12.7. The van der Waals surface area contributed by atoms with Crippen LogP contribution < -0.4 is 5.43 Å². The number of furan rings is 1. The van der Waals surface area contributed by atoms with Gasteiger partial charge in [-0.2, -0.15) is 10.1 Å². The Hall–Kier alpha value is -2.74. The average molecular weight is 357 g/mol. The molecule has 3 heterocycles. The van der Waals surface area contributed by atoms with E-state index in [1.165, 1.54) is 6.21 Å². The van der Waals surface area contributed by atoms with Gasteiger partial charge in [-0.3, -0.25) is 0 Å². The monoisotopic (exact) mass is 356 g/mol. The zero-order valence-electron chi connectivity index (χ0n) is 11.1. The number of para-hydroxylation sites is 1. The number of hydrazone groups is 1. The molecule has 0 amide bonds. The third-order valence-corrected chi connectivity index (χ3v) is 3.50. The van der Waals surface area contributed by atoms with Crippen LogP contribution in [0.4, 0.5) is 5.95 Å². The lowest BCUT2D eigenvalue weighted by Crippen LogP contribution is -1.98. The second-order valence-corrected chi connectivity index (χ2v) is 5.30. The molecule has 4 rings (SSSR count). The van der Waals surface area contributed by atoms with E-state index in [4.69, 9.17) is 4.42 Å². The lowest BCUT2D eigenvalue weighted by atomic mass is 10.2. The Balaban J connectivity index is 1.62. The number of aromatic amines is 1. The van der Waals surface area contributed by atoms with Crippen LogP contribution in [0.5, 0.6) is 0 Å². The molecule has 108 valence electrons. The van der Waals surface area contributed by atoms with Crippen LogP contribution in [0.25, 0.3) is 22.1 Å². The molecule has 7 nitrogen and oxygen atoms in total. The van der Waals surface area contributed by atoms with Gasteiger partial charge in [0.15, 0.2) is 10.3 Å². The van der Waals surface area contributed by atoms with Crippen molar-refractivity contribution in [3.05, 3.63) is 46.8 Å². The van der Waals surface area contributed by atoms with E-state index in [9.17, 15) is 0 Å².